The number of imidazole rings is 1. The molecule has 3 N–H and O–H groups in total. The Hall–Kier alpha value is -1.36. The Bertz CT molecular complexity index is 325. The number of nitrogens with two attached hydrogens (primary N) is 1. The molecule has 0 aliphatic carbocycles. The molecule has 18 heavy (non-hydrogen) atoms. The largest absolute Gasteiger partial charge is 0.465 e. The third-order valence-electron chi connectivity index (χ3n) is 2.79. The third kappa shape index (κ3) is 5.82. The first-order valence-electron chi connectivity index (χ1n) is 6.63. The van der Waals surface area contributed by atoms with Crippen LogP contribution >= 0.6 is 0 Å². The Kier molecular flexibility index (Phi) is 7.10. The van der Waals surface area contributed by atoms with Gasteiger partial charge in [0.25, 0.3) is 0 Å². The molecule has 0 fully saturated rings. The van der Waals surface area contributed by atoms with E-state index < -0.39 is 6.04 Å². The standard InChI is InChI=1S/C13H23N3O2/c1-2-3-4-5-6-7-18-13(17)12(14)8-11-9-15-10-16-11/h9-10,12H,2-8,14H2,1H3,(H,15,16)/t12-/m1/s1. The summed E-state index contributed by atoms with van der Waals surface area (Å²) < 4.78 is 5.13. The van der Waals surface area contributed by atoms with Crippen LogP contribution in [0.5, 0.6) is 0 Å². The normalized spacial score (nSPS) is 12.3. The first-order valence-corrected chi connectivity index (χ1v) is 6.63. The smallest absolute Gasteiger partial charge is 0.323 e. The summed E-state index contributed by atoms with van der Waals surface area (Å²) in [7, 11) is 0. The second kappa shape index (κ2) is 8.69. The molecule has 5 nitrogen and oxygen atoms in total. The number of unbranched alkanes of at least 4 members (excludes halogenated alkanes) is 4. The summed E-state index contributed by atoms with van der Waals surface area (Å²) in [6.45, 7) is 2.65. The van der Waals surface area contributed by atoms with Crippen molar-refractivity contribution >= 4 is 5.97 Å². The van der Waals surface area contributed by atoms with E-state index in [0.29, 0.717) is 13.0 Å². The van der Waals surface area contributed by atoms with Crippen molar-refractivity contribution < 1.29 is 9.53 Å². The van der Waals surface area contributed by atoms with E-state index in [-0.39, 0.29) is 5.97 Å². The SMILES string of the molecule is CCCCCCCOC(=O)[C@H](N)Cc1cnc[nH]1. The van der Waals surface area contributed by atoms with Crippen LogP contribution in [0.2, 0.25) is 0 Å². The molecule has 102 valence electrons. The Morgan fingerprint density at radius 2 is 2.22 bits per heavy atom. The van der Waals surface area contributed by atoms with E-state index in [1.165, 1.54) is 19.3 Å². The third-order valence-corrected chi connectivity index (χ3v) is 2.79. The summed E-state index contributed by atoms with van der Waals surface area (Å²) in [6.07, 6.45) is 9.36. The van der Waals surface area contributed by atoms with Crippen molar-refractivity contribution in [1.29, 1.82) is 0 Å². The number of aromatic amines is 1. The molecular weight excluding hydrogens is 230 g/mol. The van der Waals surface area contributed by atoms with Crippen LogP contribution in [0.25, 0.3) is 0 Å². The fraction of sp³-hybridized carbons (Fsp3) is 0.692. The molecule has 1 aromatic rings. The maximum absolute atomic E-state index is 11.6. The fourth-order valence-electron chi connectivity index (χ4n) is 1.70. The van der Waals surface area contributed by atoms with Crippen molar-refractivity contribution in [3.05, 3.63) is 18.2 Å². The predicted octanol–water partition coefficient (Wildman–Crippen LogP) is 1.79. The van der Waals surface area contributed by atoms with Crippen LogP contribution in [0.1, 0.15) is 44.7 Å². The maximum atomic E-state index is 11.6. The highest BCUT2D eigenvalue weighted by atomic mass is 16.5. The molecule has 0 aliphatic rings. The number of carbonyl (C=O) groups is 1. The van der Waals surface area contributed by atoms with Gasteiger partial charge in [-0.1, -0.05) is 32.6 Å². The molecule has 0 unspecified atom stereocenters. The van der Waals surface area contributed by atoms with Gasteiger partial charge < -0.3 is 15.5 Å². The molecule has 0 aromatic carbocycles. The van der Waals surface area contributed by atoms with Crippen molar-refractivity contribution in [2.75, 3.05) is 6.61 Å². The number of nitrogens with one attached hydrogen (secondary N) is 1. The Morgan fingerprint density at radius 3 is 2.89 bits per heavy atom. The lowest BCUT2D eigenvalue weighted by Crippen LogP contribution is -2.34. The second-order valence-corrected chi connectivity index (χ2v) is 4.47. The van der Waals surface area contributed by atoms with Crippen molar-refractivity contribution in [3.63, 3.8) is 0 Å². The number of carbonyl (C=O) groups excluding carboxylic acids is 1. The van der Waals surface area contributed by atoms with Crippen LogP contribution < -0.4 is 5.73 Å². The highest BCUT2D eigenvalue weighted by molar-refractivity contribution is 5.75. The highest BCUT2D eigenvalue weighted by Gasteiger charge is 2.15. The van der Waals surface area contributed by atoms with Gasteiger partial charge >= 0.3 is 5.97 Å². The Balaban J connectivity index is 2.08. The molecule has 1 atom stereocenters. The molecule has 1 aromatic heterocycles. The summed E-state index contributed by atoms with van der Waals surface area (Å²) in [6, 6.07) is -0.610. The molecule has 0 aliphatic heterocycles. The summed E-state index contributed by atoms with van der Waals surface area (Å²) >= 11 is 0. The van der Waals surface area contributed by atoms with Gasteiger partial charge in [0, 0.05) is 18.3 Å². The fourth-order valence-corrected chi connectivity index (χ4v) is 1.70. The number of esters is 1. The van der Waals surface area contributed by atoms with Crippen LogP contribution in [-0.2, 0) is 16.0 Å². The van der Waals surface area contributed by atoms with E-state index in [1.54, 1.807) is 12.5 Å². The van der Waals surface area contributed by atoms with Crippen molar-refractivity contribution in [1.82, 2.24) is 9.97 Å². The summed E-state index contributed by atoms with van der Waals surface area (Å²) in [5.41, 5.74) is 6.60. The van der Waals surface area contributed by atoms with Gasteiger partial charge in [0.1, 0.15) is 6.04 Å². The highest BCUT2D eigenvalue weighted by Crippen LogP contribution is 2.03. The second-order valence-electron chi connectivity index (χ2n) is 4.47. The molecule has 5 heteroatoms. The number of hydrogen-bond acceptors (Lipinski definition) is 4. The zero-order valence-corrected chi connectivity index (χ0v) is 11.0. The summed E-state index contributed by atoms with van der Waals surface area (Å²) in [5.74, 6) is -0.333. The van der Waals surface area contributed by atoms with Crippen LogP contribution in [0.3, 0.4) is 0 Å². The summed E-state index contributed by atoms with van der Waals surface area (Å²) in [5, 5.41) is 0. The molecule has 1 heterocycles. The number of nitrogens with zero attached hydrogens (tertiary/aromatic N) is 1. The zero-order chi connectivity index (χ0) is 13.2. The van der Waals surface area contributed by atoms with E-state index in [9.17, 15) is 4.79 Å². The van der Waals surface area contributed by atoms with Crippen molar-refractivity contribution in [2.45, 2.75) is 51.5 Å². The first kappa shape index (κ1) is 14.7. The van der Waals surface area contributed by atoms with Crippen molar-refractivity contribution in [2.24, 2.45) is 5.73 Å². The van der Waals surface area contributed by atoms with Crippen LogP contribution in [0.4, 0.5) is 0 Å². The molecule has 0 amide bonds. The molecule has 0 spiro atoms. The lowest BCUT2D eigenvalue weighted by Gasteiger charge is -2.10. The Labute approximate surface area is 108 Å². The van der Waals surface area contributed by atoms with Gasteiger partial charge in [0.2, 0.25) is 0 Å². The number of rotatable bonds is 9. The van der Waals surface area contributed by atoms with E-state index in [1.807, 2.05) is 0 Å². The number of hydrogen-bond donors (Lipinski definition) is 2. The maximum Gasteiger partial charge on any atom is 0.323 e. The van der Waals surface area contributed by atoms with E-state index in [4.69, 9.17) is 10.5 Å². The molecule has 1 rings (SSSR count). The molecule has 0 bridgehead atoms. The zero-order valence-electron chi connectivity index (χ0n) is 11.0. The monoisotopic (exact) mass is 253 g/mol. The molecule has 0 radical (unpaired) electrons. The minimum Gasteiger partial charge on any atom is -0.465 e. The van der Waals surface area contributed by atoms with Gasteiger partial charge in [0.05, 0.1) is 12.9 Å². The minimum absolute atomic E-state index is 0.333. The lowest BCUT2D eigenvalue weighted by atomic mass is 10.1. The van der Waals surface area contributed by atoms with E-state index in [2.05, 4.69) is 16.9 Å². The molecule has 0 saturated heterocycles. The van der Waals surface area contributed by atoms with Gasteiger partial charge in [-0.25, -0.2) is 4.98 Å². The van der Waals surface area contributed by atoms with Gasteiger partial charge in [-0.2, -0.15) is 0 Å². The average molecular weight is 253 g/mol. The van der Waals surface area contributed by atoms with Gasteiger partial charge in [-0.05, 0) is 6.42 Å². The van der Waals surface area contributed by atoms with E-state index >= 15 is 0 Å². The van der Waals surface area contributed by atoms with Gasteiger partial charge in [-0.3, -0.25) is 4.79 Å². The predicted molar refractivity (Wildman–Crippen MR) is 70.0 cm³/mol. The summed E-state index contributed by atoms with van der Waals surface area (Å²) in [4.78, 5) is 18.4. The number of aromatic nitrogens is 2. The van der Waals surface area contributed by atoms with E-state index in [0.717, 1.165) is 18.5 Å². The van der Waals surface area contributed by atoms with Gasteiger partial charge in [-0.15, -0.1) is 0 Å². The minimum atomic E-state index is -0.610. The topological polar surface area (TPSA) is 81.0 Å². The Morgan fingerprint density at radius 1 is 1.44 bits per heavy atom. The van der Waals surface area contributed by atoms with Crippen LogP contribution in [0, 0.1) is 0 Å². The molecular formula is C13H23N3O2. The number of ether oxygens (including phenoxy) is 1. The van der Waals surface area contributed by atoms with Crippen LogP contribution in [-0.4, -0.2) is 28.6 Å². The average Bonchev–Trinajstić information content (AvgIpc) is 2.86. The molecule has 0 saturated carbocycles. The first-order chi connectivity index (χ1) is 8.74. The quantitative estimate of drug-likeness (QED) is 0.519. The van der Waals surface area contributed by atoms with Crippen LogP contribution in [0.15, 0.2) is 12.5 Å². The number of H-pyrrole nitrogens is 1. The van der Waals surface area contributed by atoms with Crippen molar-refractivity contribution in [3.8, 4) is 0 Å². The lowest BCUT2D eigenvalue weighted by molar-refractivity contribution is -0.145. The van der Waals surface area contributed by atoms with Gasteiger partial charge in [0.15, 0.2) is 0 Å².